The summed E-state index contributed by atoms with van der Waals surface area (Å²) in [6.45, 7) is 0.277. The maximum absolute atomic E-state index is 10.8. The van der Waals surface area contributed by atoms with Gasteiger partial charge >= 0.3 is 11.7 Å². The van der Waals surface area contributed by atoms with E-state index in [-0.39, 0.29) is 24.4 Å². The van der Waals surface area contributed by atoms with E-state index in [1.165, 1.54) is 19.2 Å². The SMILES string of the molecule is COc1ccc(N(C)CCC(=O)O)cc1[N+](=O)[O-]. The van der Waals surface area contributed by atoms with Crippen molar-refractivity contribution in [2.24, 2.45) is 0 Å². The Labute approximate surface area is 104 Å². The molecule has 0 spiro atoms. The highest BCUT2D eigenvalue weighted by Gasteiger charge is 2.16. The maximum Gasteiger partial charge on any atom is 0.312 e. The van der Waals surface area contributed by atoms with Crippen LogP contribution in [0.2, 0.25) is 0 Å². The molecule has 1 aromatic rings. The molecule has 0 heterocycles. The Bertz CT molecular complexity index is 461. The van der Waals surface area contributed by atoms with Gasteiger partial charge in [0.05, 0.1) is 18.5 Å². The molecule has 0 bridgehead atoms. The predicted molar refractivity (Wildman–Crippen MR) is 65.2 cm³/mol. The average Bonchev–Trinajstić information content (AvgIpc) is 2.34. The molecule has 0 fully saturated rings. The molecule has 1 N–H and O–H groups in total. The van der Waals surface area contributed by atoms with Gasteiger partial charge in [0.15, 0.2) is 5.75 Å². The predicted octanol–water partition coefficient (Wildman–Crippen LogP) is 1.51. The van der Waals surface area contributed by atoms with Gasteiger partial charge in [0.1, 0.15) is 0 Å². The summed E-state index contributed by atoms with van der Waals surface area (Å²) in [6, 6.07) is 4.50. The number of methoxy groups -OCH3 is 1. The number of benzene rings is 1. The first-order chi connectivity index (χ1) is 8.45. The highest BCUT2D eigenvalue weighted by molar-refractivity contribution is 5.68. The van der Waals surface area contributed by atoms with Crippen LogP contribution in [0.15, 0.2) is 18.2 Å². The molecule has 18 heavy (non-hydrogen) atoms. The Morgan fingerprint density at radius 3 is 2.72 bits per heavy atom. The molecule has 0 aliphatic heterocycles. The van der Waals surface area contributed by atoms with E-state index in [4.69, 9.17) is 9.84 Å². The van der Waals surface area contributed by atoms with Crippen molar-refractivity contribution in [2.45, 2.75) is 6.42 Å². The number of hydrogen-bond donors (Lipinski definition) is 1. The molecule has 1 aromatic carbocycles. The Kier molecular flexibility index (Phi) is 4.47. The molecule has 0 aromatic heterocycles. The van der Waals surface area contributed by atoms with E-state index in [9.17, 15) is 14.9 Å². The molecule has 0 unspecified atom stereocenters. The van der Waals surface area contributed by atoms with Gasteiger partial charge in [0.2, 0.25) is 0 Å². The summed E-state index contributed by atoms with van der Waals surface area (Å²) in [4.78, 5) is 22.4. The average molecular weight is 254 g/mol. The van der Waals surface area contributed by atoms with Crippen LogP contribution in [0.4, 0.5) is 11.4 Å². The second kappa shape index (κ2) is 5.85. The van der Waals surface area contributed by atoms with E-state index in [0.29, 0.717) is 5.69 Å². The molecule has 0 radical (unpaired) electrons. The summed E-state index contributed by atoms with van der Waals surface area (Å²) >= 11 is 0. The van der Waals surface area contributed by atoms with Crippen LogP contribution in [0.25, 0.3) is 0 Å². The van der Waals surface area contributed by atoms with Crippen molar-refractivity contribution >= 4 is 17.3 Å². The van der Waals surface area contributed by atoms with Crippen LogP contribution < -0.4 is 9.64 Å². The van der Waals surface area contributed by atoms with Crippen LogP contribution in [0, 0.1) is 10.1 Å². The van der Waals surface area contributed by atoms with E-state index in [0.717, 1.165) is 0 Å². The number of carboxylic acid groups (broad SMARTS) is 1. The van der Waals surface area contributed by atoms with Crippen LogP contribution in [0.1, 0.15) is 6.42 Å². The van der Waals surface area contributed by atoms with Crippen molar-refractivity contribution < 1.29 is 19.6 Å². The lowest BCUT2D eigenvalue weighted by molar-refractivity contribution is -0.385. The molecule has 0 aliphatic rings. The third-order valence-electron chi connectivity index (χ3n) is 2.46. The molecule has 0 saturated heterocycles. The molecule has 7 heteroatoms. The number of nitrogens with zero attached hydrogens (tertiary/aromatic N) is 2. The minimum atomic E-state index is -0.912. The number of carboxylic acids is 1. The molecule has 7 nitrogen and oxygen atoms in total. The Balaban J connectivity index is 2.93. The minimum absolute atomic E-state index is 0.0314. The van der Waals surface area contributed by atoms with Crippen molar-refractivity contribution in [1.82, 2.24) is 0 Å². The minimum Gasteiger partial charge on any atom is -0.490 e. The Morgan fingerprint density at radius 1 is 1.56 bits per heavy atom. The number of ether oxygens (including phenoxy) is 1. The summed E-state index contributed by atoms with van der Waals surface area (Å²) in [5.74, 6) is -0.736. The van der Waals surface area contributed by atoms with Crippen LogP contribution >= 0.6 is 0 Å². The number of rotatable bonds is 6. The number of carbonyl (C=O) groups is 1. The summed E-state index contributed by atoms with van der Waals surface area (Å²) in [5.41, 5.74) is 0.431. The molecular formula is C11H14N2O5. The van der Waals surface area contributed by atoms with Crippen LogP contribution in [0.5, 0.6) is 5.75 Å². The highest BCUT2D eigenvalue weighted by atomic mass is 16.6. The molecule has 0 aliphatic carbocycles. The van der Waals surface area contributed by atoms with Crippen molar-refractivity contribution in [3.05, 3.63) is 28.3 Å². The Hall–Kier alpha value is -2.31. The van der Waals surface area contributed by atoms with Crippen molar-refractivity contribution in [1.29, 1.82) is 0 Å². The lowest BCUT2D eigenvalue weighted by Gasteiger charge is -2.18. The number of nitro groups is 1. The lowest BCUT2D eigenvalue weighted by Crippen LogP contribution is -2.21. The zero-order valence-electron chi connectivity index (χ0n) is 10.1. The summed E-state index contributed by atoms with van der Waals surface area (Å²) < 4.78 is 4.89. The zero-order valence-corrected chi connectivity index (χ0v) is 10.1. The van der Waals surface area contributed by atoms with Crippen molar-refractivity contribution in [2.75, 3.05) is 25.6 Å². The Morgan fingerprint density at radius 2 is 2.22 bits per heavy atom. The fourth-order valence-corrected chi connectivity index (χ4v) is 1.45. The number of hydrogen-bond acceptors (Lipinski definition) is 5. The molecular weight excluding hydrogens is 240 g/mol. The van der Waals surface area contributed by atoms with Crippen molar-refractivity contribution in [3.8, 4) is 5.75 Å². The fourth-order valence-electron chi connectivity index (χ4n) is 1.45. The monoisotopic (exact) mass is 254 g/mol. The fraction of sp³-hybridized carbons (Fsp3) is 0.364. The third kappa shape index (κ3) is 3.34. The van der Waals surface area contributed by atoms with Crippen LogP contribution in [-0.2, 0) is 4.79 Å². The van der Waals surface area contributed by atoms with Crippen LogP contribution in [0.3, 0.4) is 0 Å². The molecule has 0 atom stereocenters. The van der Waals surface area contributed by atoms with Gasteiger partial charge in [-0.15, -0.1) is 0 Å². The summed E-state index contributed by atoms with van der Waals surface area (Å²) in [6.07, 6.45) is -0.0314. The van der Waals surface area contributed by atoms with Crippen molar-refractivity contribution in [3.63, 3.8) is 0 Å². The summed E-state index contributed by atoms with van der Waals surface area (Å²) in [7, 11) is 3.03. The molecule has 1 rings (SSSR count). The van der Waals surface area contributed by atoms with E-state index in [1.807, 2.05) is 0 Å². The first-order valence-electron chi connectivity index (χ1n) is 5.21. The first kappa shape index (κ1) is 13.8. The van der Waals surface area contributed by atoms with Gasteiger partial charge in [-0.25, -0.2) is 0 Å². The third-order valence-corrected chi connectivity index (χ3v) is 2.46. The maximum atomic E-state index is 10.8. The highest BCUT2D eigenvalue weighted by Crippen LogP contribution is 2.30. The molecule has 98 valence electrons. The second-order valence-corrected chi connectivity index (χ2v) is 3.68. The number of anilines is 1. The molecule has 0 saturated carbocycles. The zero-order chi connectivity index (χ0) is 13.7. The van der Waals surface area contributed by atoms with Gasteiger partial charge in [0.25, 0.3) is 0 Å². The molecule has 0 amide bonds. The van der Waals surface area contributed by atoms with E-state index < -0.39 is 10.9 Å². The standard InChI is InChI=1S/C11H14N2O5/c1-12(6-5-11(14)15)8-3-4-10(18-2)9(7-8)13(16)17/h3-4,7H,5-6H2,1-2H3,(H,14,15). The van der Waals surface area contributed by atoms with E-state index >= 15 is 0 Å². The van der Waals surface area contributed by atoms with E-state index in [1.54, 1.807) is 18.0 Å². The van der Waals surface area contributed by atoms with Gasteiger partial charge < -0.3 is 14.7 Å². The number of nitro benzene ring substituents is 1. The largest absolute Gasteiger partial charge is 0.490 e. The normalized spacial score (nSPS) is 9.89. The topological polar surface area (TPSA) is 92.9 Å². The quantitative estimate of drug-likeness (QED) is 0.611. The van der Waals surface area contributed by atoms with Gasteiger partial charge in [-0.1, -0.05) is 0 Å². The van der Waals surface area contributed by atoms with Gasteiger partial charge in [-0.05, 0) is 12.1 Å². The van der Waals surface area contributed by atoms with Crippen LogP contribution in [-0.4, -0.2) is 36.7 Å². The van der Waals surface area contributed by atoms with Gasteiger partial charge in [0, 0.05) is 25.3 Å². The second-order valence-electron chi connectivity index (χ2n) is 3.68. The lowest BCUT2D eigenvalue weighted by atomic mass is 10.2. The first-order valence-corrected chi connectivity index (χ1v) is 5.21. The van der Waals surface area contributed by atoms with Gasteiger partial charge in [-0.3, -0.25) is 14.9 Å². The summed E-state index contributed by atoms with van der Waals surface area (Å²) in [5, 5.41) is 19.4. The number of aliphatic carboxylic acids is 1. The smallest absolute Gasteiger partial charge is 0.312 e. The van der Waals surface area contributed by atoms with Gasteiger partial charge in [-0.2, -0.15) is 0 Å². The van der Waals surface area contributed by atoms with E-state index in [2.05, 4.69) is 0 Å².